The van der Waals surface area contributed by atoms with Crippen LogP contribution in [0.5, 0.6) is 0 Å². The third-order valence-electron chi connectivity index (χ3n) is 4.91. The molecule has 0 spiro atoms. The first-order chi connectivity index (χ1) is 13.2. The fourth-order valence-corrected chi connectivity index (χ4v) is 4.93. The highest BCUT2D eigenvalue weighted by molar-refractivity contribution is 7.89. The Labute approximate surface area is 169 Å². The summed E-state index contributed by atoms with van der Waals surface area (Å²) in [6.45, 7) is 5.68. The van der Waals surface area contributed by atoms with Gasteiger partial charge in [0, 0.05) is 38.3 Å². The van der Waals surface area contributed by atoms with E-state index in [2.05, 4.69) is 13.8 Å². The fraction of sp³-hybridized carbons (Fsp3) is 0.368. The number of sulfonamides is 1. The zero-order valence-electron chi connectivity index (χ0n) is 15.7. The summed E-state index contributed by atoms with van der Waals surface area (Å²) >= 11 is 6.19. The Morgan fingerprint density at radius 2 is 1.64 bits per heavy atom. The maximum absolute atomic E-state index is 12.9. The summed E-state index contributed by atoms with van der Waals surface area (Å²) in [5, 5.41) is 11.1. The number of benzene rings is 2. The van der Waals surface area contributed by atoms with Crippen molar-refractivity contribution in [3.8, 4) is 0 Å². The fourth-order valence-electron chi connectivity index (χ4n) is 3.21. The average molecular weight is 424 g/mol. The summed E-state index contributed by atoms with van der Waals surface area (Å²) in [5.41, 5.74) is 1.70. The molecule has 3 rings (SSSR count). The van der Waals surface area contributed by atoms with Gasteiger partial charge in [0.25, 0.3) is 5.69 Å². The standard InChI is InChI=1S/C19H22ClN3O4S/c1-14(2)15-3-6-17(7-4-15)28(26,27)22-11-9-21(10-12-22)19-8-5-16(23(24)25)13-18(19)20/h3-8,13-14H,9-12H2,1-2H3. The Balaban J connectivity index is 1.71. The molecule has 1 fully saturated rings. The van der Waals surface area contributed by atoms with Gasteiger partial charge in [-0.05, 0) is 29.7 Å². The van der Waals surface area contributed by atoms with Gasteiger partial charge in [0.1, 0.15) is 0 Å². The van der Waals surface area contributed by atoms with Crippen molar-refractivity contribution in [3.63, 3.8) is 0 Å². The second-order valence-electron chi connectivity index (χ2n) is 7.01. The van der Waals surface area contributed by atoms with Crippen molar-refractivity contribution in [2.24, 2.45) is 0 Å². The molecule has 0 aliphatic carbocycles. The van der Waals surface area contributed by atoms with E-state index in [-0.39, 0.29) is 10.7 Å². The van der Waals surface area contributed by atoms with Crippen LogP contribution in [0, 0.1) is 10.1 Å². The highest BCUT2D eigenvalue weighted by Crippen LogP contribution is 2.31. The monoisotopic (exact) mass is 423 g/mol. The number of rotatable bonds is 5. The number of hydrogen-bond donors (Lipinski definition) is 0. The van der Waals surface area contributed by atoms with Crippen molar-refractivity contribution >= 4 is 33.0 Å². The molecule has 0 amide bonds. The zero-order valence-corrected chi connectivity index (χ0v) is 17.3. The van der Waals surface area contributed by atoms with Crippen molar-refractivity contribution in [3.05, 3.63) is 63.2 Å². The van der Waals surface area contributed by atoms with E-state index in [4.69, 9.17) is 11.6 Å². The number of nitrogens with zero attached hydrogens (tertiary/aromatic N) is 3. The van der Waals surface area contributed by atoms with E-state index in [1.54, 1.807) is 18.2 Å². The van der Waals surface area contributed by atoms with Gasteiger partial charge in [0.05, 0.1) is 20.5 Å². The highest BCUT2D eigenvalue weighted by atomic mass is 35.5. The predicted octanol–water partition coefficient (Wildman–Crippen LogP) is 3.88. The van der Waals surface area contributed by atoms with Crippen molar-refractivity contribution < 1.29 is 13.3 Å². The average Bonchev–Trinajstić information content (AvgIpc) is 2.68. The lowest BCUT2D eigenvalue weighted by Gasteiger charge is -2.35. The minimum Gasteiger partial charge on any atom is -0.368 e. The van der Waals surface area contributed by atoms with Crippen molar-refractivity contribution in [2.75, 3.05) is 31.1 Å². The van der Waals surface area contributed by atoms with Crippen LogP contribution in [0.4, 0.5) is 11.4 Å². The third kappa shape index (κ3) is 4.14. The minimum absolute atomic E-state index is 0.0696. The number of nitro groups is 1. The Bertz CT molecular complexity index is 969. The van der Waals surface area contributed by atoms with E-state index in [9.17, 15) is 18.5 Å². The first kappa shape index (κ1) is 20.6. The molecule has 0 atom stereocenters. The highest BCUT2D eigenvalue weighted by Gasteiger charge is 2.29. The van der Waals surface area contributed by atoms with E-state index >= 15 is 0 Å². The molecule has 1 aliphatic heterocycles. The van der Waals surface area contributed by atoms with Crippen LogP contribution < -0.4 is 4.90 Å². The SMILES string of the molecule is CC(C)c1ccc(S(=O)(=O)N2CCN(c3ccc([N+](=O)[O-])cc3Cl)CC2)cc1. The molecule has 1 heterocycles. The molecular weight excluding hydrogens is 402 g/mol. The van der Waals surface area contributed by atoms with E-state index in [1.165, 1.54) is 16.4 Å². The van der Waals surface area contributed by atoms with Gasteiger partial charge in [-0.2, -0.15) is 4.31 Å². The van der Waals surface area contributed by atoms with Gasteiger partial charge in [-0.1, -0.05) is 37.6 Å². The molecule has 150 valence electrons. The van der Waals surface area contributed by atoms with Crippen LogP contribution in [0.1, 0.15) is 25.3 Å². The normalized spacial score (nSPS) is 15.8. The Kier molecular flexibility index (Phi) is 5.92. The number of piperazine rings is 1. The van der Waals surface area contributed by atoms with Gasteiger partial charge < -0.3 is 4.90 Å². The molecular formula is C19H22ClN3O4S. The van der Waals surface area contributed by atoms with Crippen molar-refractivity contribution in [1.29, 1.82) is 0 Å². The first-order valence-electron chi connectivity index (χ1n) is 8.99. The molecule has 0 unspecified atom stereocenters. The van der Waals surface area contributed by atoms with Crippen LogP contribution in [0.25, 0.3) is 0 Å². The Morgan fingerprint density at radius 3 is 2.14 bits per heavy atom. The molecule has 0 radical (unpaired) electrons. The maximum atomic E-state index is 12.9. The lowest BCUT2D eigenvalue weighted by Crippen LogP contribution is -2.48. The quantitative estimate of drug-likeness (QED) is 0.538. The first-order valence-corrected chi connectivity index (χ1v) is 10.8. The molecule has 1 saturated heterocycles. The van der Waals surface area contributed by atoms with Gasteiger partial charge in [0.2, 0.25) is 10.0 Å². The van der Waals surface area contributed by atoms with Crippen LogP contribution in [0.15, 0.2) is 47.4 Å². The molecule has 0 saturated carbocycles. The zero-order chi connectivity index (χ0) is 20.5. The lowest BCUT2D eigenvalue weighted by atomic mass is 10.0. The van der Waals surface area contributed by atoms with Crippen LogP contribution in [0.2, 0.25) is 5.02 Å². The summed E-state index contributed by atoms with van der Waals surface area (Å²) in [5.74, 6) is 0.340. The maximum Gasteiger partial charge on any atom is 0.271 e. The second kappa shape index (κ2) is 8.06. The summed E-state index contributed by atoms with van der Waals surface area (Å²) in [6, 6.07) is 11.3. The molecule has 0 N–H and O–H groups in total. The smallest absolute Gasteiger partial charge is 0.271 e. The Hall–Kier alpha value is -2.16. The second-order valence-corrected chi connectivity index (χ2v) is 9.35. The molecule has 28 heavy (non-hydrogen) atoms. The molecule has 7 nitrogen and oxygen atoms in total. The number of hydrogen-bond acceptors (Lipinski definition) is 5. The largest absolute Gasteiger partial charge is 0.368 e. The Morgan fingerprint density at radius 1 is 1.04 bits per heavy atom. The predicted molar refractivity (Wildman–Crippen MR) is 110 cm³/mol. The lowest BCUT2D eigenvalue weighted by molar-refractivity contribution is -0.384. The van der Waals surface area contributed by atoms with E-state index in [1.807, 2.05) is 17.0 Å². The number of halogens is 1. The van der Waals surface area contributed by atoms with Gasteiger partial charge >= 0.3 is 0 Å². The van der Waals surface area contributed by atoms with E-state index < -0.39 is 14.9 Å². The molecule has 0 bridgehead atoms. The topological polar surface area (TPSA) is 83.8 Å². The molecule has 9 heteroatoms. The van der Waals surface area contributed by atoms with Crippen molar-refractivity contribution in [1.82, 2.24) is 4.31 Å². The van der Waals surface area contributed by atoms with Gasteiger partial charge in [-0.3, -0.25) is 10.1 Å². The molecule has 0 aromatic heterocycles. The van der Waals surface area contributed by atoms with E-state index in [0.717, 1.165) is 5.56 Å². The van der Waals surface area contributed by atoms with Crippen LogP contribution in [0.3, 0.4) is 0 Å². The van der Waals surface area contributed by atoms with Crippen LogP contribution >= 0.6 is 11.6 Å². The number of nitro benzene ring substituents is 1. The van der Waals surface area contributed by atoms with Crippen molar-refractivity contribution in [2.45, 2.75) is 24.7 Å². The minimum atomic E-state index is -3.55. The van der Waals surface area contributed by atoms with Crippen LogP contribution in [-0.4, -0.2) is 43.8 Å². The summed E-state index contributed by atoms with van der Waals surface area (Å²) in [4.78, 5) is 12.6. The summed E-state index contributed by atoms with van der Waals surface area (Å²) in [7, 11) is -3.55. The van der Waals surface area contributed by atoms with Gasteiger partial charge in [-0.15, -0.1) is 0 Å². The summed E-state index contributed by atoms with van der Waals surface area (Å²) < 4.78 is 27.3. The third-order valence-corrected chi connectivity index (χ3v) is 7.12. The molecule has 2 aromatic rings. The van der Waals surface area contributed by atoms with Gasteiger partial charge in [-0.25, -0.2) is 8.42 Å². The van der Waals surface area contributed by atoms with Gasteiger partial charge in [0.15, 0.2) is 0 Å². The van der Waals surface area contributed by atoms with E-state index in [0.29, 0.717) is 42.7 Å². The number of non-ortho nitro benzene ring substituents is 1. The van der Waals surface area contributed by atoms with Crippen LogP contribution in [-0.2, 0) is 10.0 Å². The molecule has 2 aromatic carbocycles. The number of anilines is 1. The summed E-state index contributed by atoms with van der Waals surface area (Å²) in [6.07, 6.45) is 0. The molecule has 1 aliphatic rings.